The first-order valence-corrected chi connectivity index (χ1v) is 7.36. The van der Waals surface area contributed by atoms with Gasteiger partial charge in [0.15, 0.2) is 0 Å². The van der Waals surface area contributed by atoms with E-state index >= 15 is 0 Å². The maximum Gasteiger partial charge on any atom is 0.131 e. The Labute approximate surface area is 121 Å². The molecule has 0 radical (unpaired) electrons. The number of nitrogens with zero attached hydrogens (tertiary/aromatic N) is 2. The number of halogens is 1. The Morgan fingerprint density at radius 1 is 1.37 bits per heavy atom. The molecule has 110 valence electrons. The van der Waals surface area contributed by atoms with Gasteiger partial charge in [-0.25, -0.2) is 0 Å². The van der Waals surface area contributed by atoms with E-state index in [1.54, 1.807) is 4.68 Å². The second-order valence-corrected chi connectivity index (χ2v) is 5.87. The highest BCUT2D eigenvalue weighted by atomic mass is 35.5. The summed E-state index contributed by atoms with van der Waals surface area (Å²) in [5, 5.41) is 18.3. The quantitative estimate of drug-likeness (QED) is 0.811. The lowest BCUT2D eigenvalue weighted by Gasteiger charge is -2.17. The summed E-state index contributed by atoms with van der Waals surface area (Å²) in [5.74, 6) is 0.649. The molecular formula is C14H26ClN3O. The minimum absolute atomic E-state index is 0.307. The van der Waals surface area contributed by atoms with Crippen LogP contribution in [0, 0.1) is 5.92 Å². The van der Waals surface area contributed by atoms with E-state index in [-0.39, 0.29) is 6.10 Å². The fraction of sp³-hybridized carbons (Fsp3) is 0.786. The summed E-state index contributed by atoms with van der Waals surface area (Å²) < 4.78 is 1.71. The van der Waals surface area contributed by atoms with Crippen molar-refractivity contribution in [3.63, 3.8) is 0 Å². The molecule has 2 atom stereocenters. The van der Waals surface area contributed by atoms with E-state index in [1.807, 2.05) is 7.05 Å². The van der Waals surface area contributed by atoms with Crippen LogP contribution >= 0.6 is 11.6 Å². The van der Waals surface area contributed by atoms with Crippen LogP contribution in [0.2, 0.25) is 5.15 Å². The van der Waals surface area contributed by atoms with Crippen LogP contribution < -0.4 is 5.32 Å². The van der Waals surface area contributed by atoms with Gasteiger partial charge >= 0.3 is 0 Å². The van der Waals surface area contributed by atoms with E-state index < -0.39 is 0 Å². The van der Waals surface area contributed by atoms with Gasteiger partial charge in [0.1, 0.15) is 5.15 Å². The first-order chi connectivity index (χ1) is 8.88. The summed E-state index contributed by atoms with van der Waals surface area (Å²) in [6.07, 6.45) is 0.663. The van der Waals surface area contributed by atoms with Gasteiger partial charge in [0.2, 0.25) is 0 Å². The summed E-state index contributed by atoms with van der Waals surface area (Å²) in [4.78, 5) is 0. The van der Waals surface area contributed by atoms with Crippen LogP contribution in [0.5, 0.6) is 0 Å². The van der Waals surface area contributed by atoms with Gasteiger partial charge in [-0.2, -0.15) is 5.10 Å². The van der Waals surface area contributed by atoms with Crippen LogP contribution in [0.15, 0.2) is 0 Å². The predicted molar refractivity (Wildman–Crippen MR) is 79.5 cm³/mol. The molecule has 4 nitrogen and oxygen atoms in total. The SMILES string of the molecule is CCC(C)C(O)CNCc1c(C(C)C)nn(C)c1Cl. The molecular weight excluding hydrogens is 262 g/mol. The first-order valence-electron chi connectivity index (χ1n) is 6.98. The third kappa shape index (κ3) is 4.20. The van der Waals surface area contributed by atoms with Gasteiger partial charge in [0, 0.05) is 25.7 Å². The molecule has 0 aromatic carbocycles. The van der Waals surface area contributed by atoms with Crippen LogP contribution in [0.4, 0.5) is 0 Å². The minimum atomic E-state index is -0.317. The Balaban J connectivity index is 2.63. The Kier molecular flexibility index (Phi) is 6.30. The lowest BCUT2D eigenvalue weighted by molar-refractivity contribution is 0.113. The van der Waals surface area contributed by atoms with Crippen molar-refractivity contribution in [2.45, 2.75) is 52.7 Å². The number of aliphatic hydroxyl groups excluding tert-OH is 1. The molecule has 0 saturated carbocycles. The zero-order chi connectivity index (χ0) is 14.6. The van der Waals surface area contributed by atoms with Crippen molar-refractivity contribution in [2.75, 3.05) is 6.54 Å². The third-order valence-corrected chi connectivity index (χ3v) is 4.08. The first kappa shape index (κ1) is 16.5. The van der Waals surface area contributed by atoms with Crippen LogP contribution in [0.1, 0.15) is 51.3 Å². The van der Waals surface area contributed by atoms with Crippen molar-refractivity contribution >= 4 is 11.6 Å². The average Bonchev–Trinajstić information content (AvgIpc) is 2.65. The highest BCUT2D eigenvalue weighted by molar-refractivity contribution is 6.30. The summed E-state index contributed by atoms with van der Waals surface area (Å²) in [6, 6.07) is 0. The molecule has 19 heavy (non-hydrogen) atoms. The molecule has 0 aliphatic carbocycles. The molecule has 0 bridgehead atoms. The van der Waals surface area contributed by atoms with Crippen LogP contribution in [0.25, 0.3) is 0 Å². The molecule has 0 saturated heterocycles. The maximum atomic E-state index is 9.93. The van der Waals surface area contributed by atoms with Crippen LogP contribution in [-0.4, -0.2) is 27.5 Å². The summed E-state index contributed by atoms with van der Waals surface area (Å²) in [5.41, 5.74) is 2.06. The summed E-state index contributed by atoms with van der Waals surface area (Å²) in [7, 11) is 1.85. The fourth-order valence-electron chi connectivity index (χ4n) is 2.01. The zero-order valence-electron chi connectivity index (χ0n) is 12.6. The largest absolute Gasteiger partial charge is 0.392 e. The smallest absolute Gasteiger partial charge is 0.131 e. The molecule has 1 rings (SSSR count). The van der Waals surface area contributed by atoms with Crippen molar-refractivity contribution in [3.05, 3.63) is 16.4 Å². The highest BCUT2D eigenvalue weighted by Crippen LogP contribution is 2.25. The monoisotopic (exact) mass is 287 g/mol. The van der Waals surface area contributed by atoms with Crippen molar-refractivity contribution < 1.29 is 5.11 Å². The predicted octanol–water partition coefficient (Wildman–Crippen LogP) is 2.69. The maximum absolute atomic E-state index is 9.93. The van der Waals surface area contributed by atoms with E-state index in [0.29, 0.717) is 30.1 Å². The molecule has 5 heteroatoms. The summed E-state index contributed by atoms with van der Waals surface area (Å²) >= 11 is 6.26. The zero-order valence-corrected chi connectivity index (χ0v) is 13.3. The van der Waals surface area contributed by atoms with Crippen molar-refractivity contribution in [1.29, 1.82) is 0 Å². The number of hydrogen-bond donors (Lipinski definition) is 2. The van der Waals surface area contributed by atoms with Crippen molar-refractivity contribution in [3.8, 4) is 0 Å². The molecule has 0 amide bonds. The van der Waals surface area contributed by atoms with Crippen LogP contribution in [0.3, 0.4) is 0 Å². The van der Waals surface area contributed by atoms with Gasteiger partial charge in [0.05, 0.1) is 11.8 Å². The van der Waals surface area contributed by atoms with Crippen molar-refractivity contribution in [2.24, 2.45) is 13.0 Å². The molecule has 2 N–H and O–H groups in total. The normalized spacial score (nSPS) is 14.9. The summed E-state index contributed by atoms with van der Waals surface area (Å²) in [6.45, 7) is 9.59. The number of rotatable bonds is 7. The molecule has 0 fully saturated rings. The third-order valence-electron chi connectivity index (χ3n) is 3.60. The second-order valence-electron chi connectivity index (χ2n) is 5.52. The van der Waals surface area contributed by atoms with Gasteiger partial charge in [-0.1, -0.05) is 45.7 Å². The molecule has 0 spiro atoms. The number of aromatic nitrogens is 2. The van der Waals surface area contributed by atoms with Gasteiger partial charge in [-0.05, 0) is 11.8 Å². The van der Waals surface area contributed by atoms with E-state index in [4.69, 9.17) is 11.6 Å². The van der Waals surface area contributed by atoms with E-state index in [1.165, 1.54) is 0 Å². The molecule has 2 unspecified atom stereocenters. The number of aliphatic hydroxyl groups is 1. The minimum Gasteiger partial charge on any atom is -0.392 e. The van der Waals surface area contributed by atoms with Gasteiger partial charge in [-0.3, -0.25) is 4.68 Å². The number of hydrogen-bond acceptors (Lipinski definition) is 3. The average molecular weight is 288 g/mol. The number of aryl methyl sites for hydroxylation is 1. The lowest BCUT2D eigenvalue weighted by atomic mass is 10.0. The Morgan fingerprint density at radius 3 is 2.53 bits per heavy atom. The Hall–Kier alpha value is -0.580. The van der Waals surface area contributed by atoms with E-state index in [0.717, 1.165) is 17.7 Å². The van der Waals surface area contributed by atoms with Gasteiger partial charge in [0.25, 0.3) is 0 Å². The standard InChI is InChI=1S/C14H26ClN3O/c1-6-10(4)12(19)8-16-7-11-13(9(2)3)17-18(5)14(11)15/h9-10,12,16,19H,6-8H2,1-5H3. The molecule has 0 aliphatic rings. The van der Waals surface area contributed by atoms with E-state index in [2.05, 4.69) is 38.1 Å². The second kappa shape index (κ2) is 7.27. The van der Waals surface area contributed by atoms with Gasteiger partial charge in [-0.15, -0.1) is 0 Å². The topological polar surface area (TPSA) is 50.1 Å². The lowest BCUT2D eigenvalue weighted by Crippen LogP contribution is -2.31. The van der Waals surface area contributed by atoms with Crippen molar-refractivity contribution in [1.82, 2.24) is 15.1 Å². The molecule has 1 aromatic heterocycles. The highest BCUT2D eigenvalue weighted by Gasteiger charge is 2.18. The molecule has 1 heterocycles. The van der Waals surface area contributed by atoms with Crippen LogP contribution in [-0.2, 0) is 13.6 Å². The fourth-order valence-corrected chi connectivity index (χ4v) is 2.21. The molecule has 1 aromatic rings. The Morgan fingerprint density at radius 2 is 2.00 bits per heavy atom. The van der Waals surface area contributed by atoms with Gasteiger partial charge < -0.3 is 10.4 Å². The van der Waals surface area contributed by atoms with E-state index in [9.17, 15) is 5.11 Å². The molecule has 0 aliphatic heterocycles. The number of nitrogens with one attached hydrogen (secondary N) is 1. The Bertz CT molecular complexity index is 404.